The molecule has 2 unspecified atom stereocenters. The van der Waals surface area contributed by atoms with E-state index in [4.69, 9.17) is 4.74 Å². The molecule has 1 fully saturated rings. The summed E-state index contributed by atoms with van der Waals surface area (Å²) in [6.07, 6.45) is 6.75. The zero-order chi connectivity index (χ0) is 10.4. The normalized spacial score (nSPS) is 32.5. The summed E-state index contributed by atoms with van der Waals surface area (Å²) in [6, 6.07) is 2.55. The van der Waals surface area contributed by atoms with E-state index in [1.54, 1.807) is 7.11 Å². The number of hydrogen-bond acceptors (Lipinski definition) is 2. The van der Waals surface area contributed by atoms with Gasteiger partial charge in [-0.05, 0) is 31.6 Å². The Morgan fingerprint density at radius 2 is 2.36 bits per heavy atom. The second kappa shape index (κ2) is 5.36. The third-order valence-electron chi connectivity index (χ3n) is 3.33. The van der Waals surface area contributed by atoms with Crippen molar-refractivity contribution >= 4 is 0 Å². The fourth-order valence-corrected chi connectivity index (χ4v) is 2.60. The van der Waals surface area contributed by atoms with Crippen LogP contribution < -0.4 is 0 Å². The van der Waals surface area contributed by atoms with Gasteiger partial charge >= 0.3 is 0 Å². The molecule has 0 heterocycles. The van der Waals surface area contributed by atoms with Crippen LogP contribution in [0.3, 0.4) is 0 Å². The lowest BCUT2D eigenvalue weighted by molar-refractivity contribution is 0.150. The monoisotopic (exact) mass is 195 g/mol. The molecule has 2 nitrogen and oxygen atoms in total. The molecule has 2 heteroatoms. The molecule has 1 saturated carbocycles. The summed E-state index contributed by atoms with van der Waals surface area (Å²) in [5.41, 5.74) is -0.0316. The number of nitrogens with zero attached hydrogens (tertiary/aromatic N) is 1. The molecular weight excluding hydrogens is 174 g/mol. The van der Waals surface area contributed by atoms with Gasteiger partial charge in [-0.3, -0.25) is 0 Å². The molecule has 0 bridgehead atoms. The SMILES string of the molecule is COCCCC1(C#N)CCCC(C)C1. The minimum absolute atomic E-state index is 0.0316. The van der Waals surface area contributed by atoms with Crippen molar-refractivity contribution in [2.45, 2.75) is 45.4 Å². The number of ether oxygens (including phenoxy) is 1. The van der Waals surface area contributed by atoms with E-state index in [0.29, 0.717) is 0 Å². The first kappa shape index (κ1) is 11.5. The number of methoxy groups -OCH3 is 1. The molecule has 0 aliphatic heterocycles. The van der Waals surface area contributed by atoms with E-state index in [0.717, 1.165) is 38.2 Å². The van der Waals surface area contributed by atoms with Gasteiger partial charge in [0.1, 0.15) is 0 Å². The largest absolute Gasteiger partial charge is 0.385 e. The lowest BCUT2D eigenvalue weighted by Gasteiger charge is -2.34. The highest BCUT2D eigenvalue weighted by Crippen LogP contribution is 2.42. The van der Waals surface area contributed by atoms with Gasteiger partial charge < -0.3 is 4.74 Å². The molecule has 0 N–H and O–H groups in total. The van der Waals surface area contributed by atoms with Crippen LogP contribution in [-0.4, -0.2) is 13.7 Å². The van der Waals surface area contributed by atoms with Gasteiger partial charge in [-0.25, -0.2) is 0 Å². The quantitative estimate of drug-likeness (QED) is 0.646. The molecule has 0 saturated heterocycles. The second-order valence-electron chi connectivity index (χ2n) is 4.69. The maximum absolute atomic E-state index is 9.27. The zero-order valence-electron chi connectivity index (χ0n) is 9.38. The average Bonchev–Trinajstić information content (AvgIpc) is 2.18. The summed E-state index contributed by atoms with van der Waals surface area (Å²) in [5.74, 6) is 0.728. The molecule has 0 radical (unpaired) electrons. The van der Waals surface area contributed by atoms with Crippen molar-refractivity contribution in [2.75, 3.05) is 13.7 Å². The van der Waals surface area contributed by atoms with Crippen LogP contribution in [0.2, 0.25) is 0 Å². The van der Waals surface area contributed by atoms with Crippen LogP contribution in [0.15, 0.2) is 0 Å². The standard InChI is InChI=1S/C12H21NO/c1-11-5-3-6-12(9-11,10-13)7-4-8-14-2/h11H,3-9H2,1-2H3. The summed E-state index contributed by atoms with van der Waals surface area (Å²) in [7, 11) is 1.72. The molecule has 2 atom stereocenters. The first-order valence-electron chi connectivity index (χ1n) is 5.63. The van der Waals surface area contributed by atoms with Gasteiger partial charge in [-0.15, -0.1) is 0 Å². The number of nitriles is 1. The van der Waals surface area contributed by atoms with Crippen molar-refractivity contribution in [1.82, 2.24) is 0 Å². The minimum Gasteiger partial charge on any atom is -0.385 e. The first-order chi connectivity index (χ1) is 6.72. The van der Waals surface area contributed by atoms with Crippen LogP contribution >= 0.6 is 0 Å². The Morgan fingerprint density at radius 1 is 1.57 bits per heavy atom. The van der Waals surface area contributed by atoms with Gasteiger partial charge in [-0.1, -0.05) is 19.8 Å². The van der Waals surface area contributed by atoms with Crippen LogP contribution in [0, 0.1) is 22.7 Å². The smallest absolute Gasteiger partial charge is 0.0689 e. The first-order valence-corrected chi connectivity index (χ1v) is 5.63. The molecule has 0 amide bonds. The van der Waals surface area contributed by atoms with E-state index >= 15 is 0 Å². The Morgan fingerprint density at radius 3 is 2.93 bits per heavy atom. The highest BCUT2D eigenvalue weighted by atomic mass is 16.5. The molecule has 1 aliphatic rings. The third-order valence-corrected chi connectivity index (χ3v) is 3.33. The highest BCUT2D eigenvalue weighted by Gasteiger charge is 2.34. The van der Waals surface area contributed by atoms with Crippen molar-refractivity contribution in [1.29, 1.82) is 5.26 Å². The van der Waals surface area contributed by atoms with E-state index in [-0.39, 0.29) is 5.41 Å². The Balaban J connectivity index is 2.44. The minimum atomic E-state index is -0.0316. The molecule has 14 heavy (non-hydrogen) atoms. The topological polar surface area (TPSA) is 33.0 Å². The summed E-state index contributed by atoms with van der Waals surface area (Å²) in [6.45, 7) is 3.05. The van der Waals surface area contributed by atoms with E-state index in [2.05, 4.69) is 13.0 Å². The third kappa shape index (κ3) is 2.99. The molecule has 1 aliphatic carbocycles. The van der Waals surface area contributed by atoms with Crippen molar-refractivity contribution in [3.63, 3.8) is 0 Å². The Kier molecular flexibility index (Phi) is 4.41. The van der Waals surface area contributed by atoms with E-state index in [1.165, 1.54) is 12.8 Å². The predicted octanol–water partition coefficient (Wildman–Crippen LogP) is 3.13. The van der Waals surface area contributed by atoms with E-state index in [1.807, 2.05) is 0 Å². The van der Waals surface area contributed by atoms with E-state index < -0.39 is 0 Å². The molecule has 80 valence electrons. The van der Waals surface area contributed by atoms with Gasteiger partial charge in [0.25, 0.3) is 0 Å². The Bertz CT molecular complexity index is 209. The van der Waals surface area contributed by atoms with Gasteiger partial charge in [-0.2, -0.15) is 5.26 Å². The summed E-state index contributed by atoms with van der Waals surface area (Å²) in [4.78, 5) is 0. The number of hydrogen-bond donors (Lipinski definition) is 0. The van der Waals surface area contributed by atoms with Crippen LogP contribution in [0.1, 0.15) is 45.4 Å². The maximum Gasteiger partial charge on any atom is 0.0689 e. The molecule has 0 aromatic carbocycles. The maximum atomic E-state index is 9.27. The van der Waals surface area contributed by atoms with Gasteiger partial charge in [0.15, 0.2) is 0 Å². The lowest BCUT2D eigenvalue weighted by Crippen LogP contribution is -2.26. The number of rotatable bonds is 4. The fourth-order valence-electron chi connectivity index (χ4n) is 2.60. The molecule has 1 rings (SSSR count). The zero-order valence-corrected chi connectivity index (χ0v) is 9.38. The summed E-state index contributed by atoms with van der Waals surface area (Å²) >= 11 is 0. The molecular formula is C12H21NO. The van der Waals surface area contributed by atoms with Crippen LogP contribution in [0.25, 0.3) is 0 Å². The van der Waals surface area contributed by atoms with Crippen LogP contribution in [0.4, 0.5) is 0 Å². The summed E-state index contributed by atoms with van der Waals surface area (Å²) < 4.78 is 5.04. The second-order valence-corrected chi connectivity index (χ2v) is 4.69. The average molecular weight is 195 g/mol. The van der Waals surface area contributed by atoms with Crippen molar-refractivity contribution in [3.8, 4) is 6.07 Å². The predicted molar refractivity (Wildman–Crippen MR) is 56.8 cm³/mol. The van der Waals surface area contributed by atoms with Gasteiger partial charge in [0.05, 0.1) is 11.5 Å². The Labute approximate surface area is 87.3 Å². The molecule has 0 spiro atoms. The summed E-state index contributed by atoms with van der Waals surface area (Å²) in [5, 5.41) is 9.27. The fraction of sp³-hybridized carbons (Fsp3) is 0.917. The lowest BCUT2D eigenvalue weighted by atomic mass is 9.69. The highest BCUT2D eigenvalue weighted by molar-refractivity contribution is 5.01. The Hall–Kier alpha value is -0.550. The molecule has 0 aromatic rings. The van der Waals surface area contributed by atoms with Crippen molar-refractivity contribution in [2.24, 2.45) is 11.3 Å². The van der Waals surface area contributed by atoms with Gasteiger partial charge in [0.2, 0.25) is 0 Å². The van der Waals surface area contributed by atoms with Crippen LogP contribution in [0.5, 0.6) is 0 Å². The van der Waals surface area contributed by atoms with Crippen molar-refractivity contribution < 1.29 is 4.74 Å². The molecule has 0 aromatic heterocycles. The van der Waals surface area contributed by atoms with Gasteiger partial charge in [0, 0.05) is 13.7 Å². The van der Waals surface area contributed by atoms with Crippen molar-refractivity contribution in [3.05, 3.63) is 0 Å². The van der Waals surface area contributed by atoms with Crippen LogP contribution in [-0.2, 0) is 4.74 Å². The van der Waals surface area contributed by atoms with E-state index in [9.17, 15) is 5.26 Å².